The van der Waals surface area contributed by atoms with E-state index in [1.807, 2.05) is 0 Å². The van der Waals surface area contributed by atoms with Crippen molar-refractivity contribution in [2.45, 2.75) is 24.5 Å². The van der Waals surface area contributed by atoms with Gasteiger partial charge < -0.3 is 0 Å². The summed E-state index contributed by atoms with van der Waals surface area (Å²) in [6, 6.07) is 0. The van der Waals surface area contributed by atoms with Gasteiger partial charge in [-0.15, -0.1) is 0 Å². The molecule has 29 heavy (non-hydrogen) atoms. The molecule has 4 atom stereocenters. The first-order valence-corrected chi connectivity index (χ1v) is 9.99. The molecule has 1 fully saturated rings. The first-order chi connectivity index (χ1) is 13.8. The van der Waals surface area contributed by atoms with Crippen LogP contribution in [0.3, 0.4) is 0 Å². The Morgan fingerprint density at radius 3 is 2.72 bits per heavy atom. The zero-order valence-electron chi connectivity index (χ0n) is 14.9. The molecule has 1 aliphatic heterocycles. The number of nitro groups is 1. The summed E-state index contributed by atoms with van der Waals surface area (Å²) in [4.78, 5) is 27.0. The molecule has 3 aromatic heterocycles. The molecule has 0 spiro atoms. The van der Waals surface area contributed by atoms with Crippen molar-refractivity contribution in [1.29, 1.82) is 0 Å². The summed E-state index contributed by atoms with van der Waals surface area (Å²) in [6.45, 7) is -0.475. The number of nitrogens with two attached hydrogens (primary N) is 1. The van der Waals surface area contributed by atoms with Crippen LogP contribution in [0.25, 0.3) is 11.2 Å². The number of nitrogens with zero attached hydrogens (tertiary/aromatic N) is 7. The van der Waals surface area contributed by atoms with Gasteiger partial charge in [0.25, 0.3) is 0 Å². The molecule has 0 bridgehead atoms. The van der Waals surface area contributed by atoms with Crippen molar-refractivity contribution < 1.29 is 25.0 Å². The number of fused-ring (bicyclic) bond motifs is 1. The number of nitrogen functional groups attached to an aromatic ring is 1. The van der Waals surface area contributed by atoms with Crippen LogP contribution in [0.5, 0.6) is 0 Å². The van der Waals surface area contributed by atoms with Gasteiger partial charge in [-0.3, -0.25) is 0 Å². The molecule has 0 aliphatic carbocycles. The molecule has 4 unspecified atom stereocenters. The number of anilines is 1. The topological polar surface area (TPSA) is 200 Å². The Labute approximate surface area is 168 Å². The maximum atomic E-state index is 11.2. The molecule has 1 aliphatic rings. The van der Waals surface area contributed by atoms with E-state index >= 15 is 0 Å². The fourth-order valence-corrected chi connectivity index (χ4v) is 5.06. The zero-order valence-corrected chi connectivity index (χ0v) is 16.6. The quantitative estimate of drug-likeness (QED) is 0.162. The van der Waals surface area contributed by atoms with Crippen LogP contribution in [0.4, 0.5) is 11.8 Å². The average Bonchev–Trinajstić information content (AvgIpc) is 3.33. The Hall–Kier alpha value is -2.68. The second-order valence-electron chi connectivity index (χ2n) is 6.28. The number of imidazole rings is 2. The van der Waals surface area contributed by atoms with Crippen molar-refractivity contribution >= 4 is 47.1 Å². The van der Waals surface area contributed by atoms with E-state index in [1.165, 1.54) is 21.8 Å². The van der Waals surface area contributed by atoms with Crippen LogP contribution < -0.4 is 14.9 Å². The van der Waals surface area contributed by atoms with Gasteiger partial charge in [-0.2, -0.15) is 0 Å². The molecule has 15 heteroatoms. The van der Waals surface area contributed by atoms with Crippen molar-refractivity contribution in [2.75, 3.05) is 12.3 Å². The first kappa shape index (κ1) is 19.6. The third kappa shape index (κ3) is 3.23. The maximum absolute atomic E-state index is 11.2. The Bertz CT molecular complexity index is 1090. The zero-order chi connectivity index (χ0) is 20.9. The van der Waals surface area contributed by atoms with Gasteiger partial charge in [-0.1, -0.05) is 0 Å². The van der Waals surface area contributed by atoms with E-state index in [0.29, 0.717) is 14.7 Å². The van der Waals surface area contributed by atoms with Crippen LogP contribution >= 0.6 is 0 Å². The van der Waals surface area contributed by atoms with Crippen molar-refractivity contribution in [2.24, 2.45) is 7.05 Å². The van der Waals surface area contributed by atoms with Crippen molar-refractivity contribution in [3.63, 3.8) is 0 Å². The fraction of sp³-hybridized carbons (Fsp3) is 0.429. The Morgan fingerprint density at radius 1 is 1.31 bits per heavy atom. The molecule has 3 aromatic rings. The summed E-state index contributed by atoms with van der Waals surface area (Å²) in [5, 5.41) is 40.8. The molecule has 0 radical (unpaired) electrons. The molecule has 154 valence electrons. The summed E-state index contributed by atoms with van der Waals surface area (Å²) in [5.74, 6) is -0.367. The van der Waals surface area contributed by atoms with E-state index in [-0.39, 0.29) is 17.4 Å². The normalized spacial score (nSPS) is 24.4. The number of rotatable bonds is 5. The van der Waals surface area contributed by atoms with Crippen molar-refractivity contribution in [1.82, 2.24) is 29.1 Å². The number of aromatic nitrogens is 6. The number of aliphatic hydroxyl groups is 3. The van der Waals surface area contributed by atoms with Crippen LogP contribution in [-0.2, 0) is 11.8 Å². The number of aryl methyl sites for hydroxylation is 1. The molecule has 1 saturated heterocycles. The van der Waals surface area contributed by atoms with Gasteiger partial charge in [-0.05, 0) is 0 Å². The second-order valence-corrected chi connectivity index (χ2v) is 8.33. The number of aliphatic hydroxyl groups excluding tert-OH is 3. The fourth-order valence-electron chi connectivity index (χ4n) is 3.02. The molecule has 0 aromatic carbocycles. The summed E-state index contributed by atoms with van der Waals surface area (Å²) in [6.07, 6.45) is -1.94. The van der Waals surface area contributed by atoms with E-state index in [1.54, 1.807) is 7.05 Å². The van der Waals surface area contributed by atoms with Crippen molar-refractivity contribution in [3.05, 3.63) is 22.8 Å². The molecular weight excluding hydrogens is 455 g/mol. The van der Waals surface area contributed by atoms with Gasteiger partial charge in [0, 0.05) is 0 Å². The van der Waals surface area contributed by atoms with E-state index in [2.05, 4.69) is 19.9 Å². The molecule has 4 heterocycles. The first-order valence-electron chi connectivity index (χ1n) is 8.28. The van der Waals surface area contributed by atoms with Crippen LogP contribution in [0.1, 0.15) is 6.23 Å². The predicted octanol–water partition coefficient (Wildman–Crippen LogP) is -3.68. The van der Waals surface area contributed by atoms with Crippen molar-refractivity contribution in [3.8, 4) is 0 Å². The Balaban J connectivity index is 1.77. The summed E-state index contributed by atoms with van der Waals surface area (Å²) in [5.41, 5.74) is 6.39. The van der Waals surface area contributed by atoms with E-state index in [0.717, 1.165) is 0 Å². The summed E-state index contributed by atoms with van der Waals surface area (Å²) >= 11 is -0.676. The van der Waals surface area contributed by atoms with E-state index < -0.39 is 51.0 Å². The van der Waals surface area contributed by atoms with Gasteiger partial charge in [0.05, 0.1) is 0 Å². The minimum absolute atomic E-state index is 0.0901. The average molecular weight is 471 g/mol. The predicted molar refractivity (Wildman–Crippen MR) is 97.6 cm³/mol. The molecule has 0 saturated carbocycles. The molecule has 5 N–H and O–H groups in total. The van der Waals surface area contributed by atoms with Gasteiger partial charge in [0.15, 0.2) is 0 Å². The van der Waals surface area contributed by atoms with Gasteiger partial charge in [0.1, 0.15) is 0 Å². The Kier molecular flexibility index (Phi) is 4.93. The van der Waals surface area contributed by atoms with Crippen LogP contribution in [0.15, 0.2) is 12.7 Å². The van der Waals surface area contributed by atoms with E-state index in [9.17, 15) is 25.4 Å². The molecular formula is C14H16N8O6Se. The summed E-state index contributed by atoms with van der Waals surface area (Å²) in [7, 11) is 1.64. The number of hydrogen-bond acceptors (Lipinski definition) is 11. The SMILES string of the molecule is Cn1cnc([N+](=O)[O-])c1[Se]c1nc(N)nc2c1ncn2C1OC(CO)C(O)C1O. The second kappa shape index (κ2) is 7.29. The minimum atomic E-state index is -1.33. The van der Waals surface area contributed by atoms with Crippen LogP contribution in [-0.4, -0.2) is 89.2 Å². The van der Waals surface area contributed by atoms with Gasteiger partial charge in [0.2, 0.25) is 0 Å². The van der Waals surface area contributed by atoms with Crippen LogP contribution in [0.2, 0.25) is 0 Å². The third-order valence-electron chi connectivity index (χ3n) is 4.43. The molecule has 0 amide bonds. The number of hydrogen-bond donors (Lipinski definition) is 4. The summed E-state index contributed by atoms with van der Waals surface area (Å²) < 4.78 is 9.18. The number of ether oxygens (including phenoxy) is 1. The standard InChI is InChI=1S/C14H16N8O6Se/c1-20-3-17-10(22(26)27)13(20)29-11-6-9(18-14(15)19-11)21(4-16-6)12-8(25)7(24)5(2-23)28-12/h3-5,7-8,12,23-25H,2H2,1H3,(H2,15,18,19). The van der Waals surface area contributed by atoms with Gasteiger partial charge >= 0.3 is 168 Å². The van der Waals surface area contributed by atoms with Gasteiger partial charge in [-0.25, -0.2) is 0 Å². The molecule has 4 rings (SSSR count). The molecule has 14 nitrogen and oxygen atoms in total. The van der Waals surface area contributed by atoms with Crippen LogP contribution in [0, 0.1) is 10.1 Å². The third-order valence-corrected chi connectivity index (χ3v) is 6.82. The monoisotopic (exact) mass is 472 g/mol. The Morgan fingerprint density at radius 2 is 2.07 bits per heavy atom. The van der Waals surface area contributed by atoms with E-state index in [4.69, 9.17) is 10.5 Å².